The molecule has 0 unspecified atom stereocenters. The number of ketones is 1. The molecule has 1 aliphatic rings. The molecule has 1 aromatic rings. The summed E-state index contributed by atoms with van der Waals surface area (Å²) in [6.07, 6.45) is 10.4. The standard InChI is InChI=1S/C13H19NO/c15-13(12-8-5-9-14-12)10-11-6-3-1-2-4-7-11/h5,8-9,11,14H,1-4,6-7,10H2. The minimum Gasteiger partial charge on any atom is -0.359 e. The molecular formula is C13H19NO. The van der Waals surface area contributed by atoms with Crippen LogP contribution in [0.25, 0.3) is 0 Å². The van der Waals surface area contributed by atoms with E-state index in [0.717, 1.165) is 12.1 Å². The van der Waals surface area contributed by atoms with Crippen molar-refractivity contribution in [1.82, 2.24) is 4.98 Å². The Kier molecular flexibility index (Phi) is 3.59. The van der Waals surface area contributed by atoms with E-state index in [1.165, 1.54) is 38.5 Å². The fraction of sp³-hybridized carbons (Fsp3) is 0.615. The molecule has 2 nitrogen and oxygen atoms in total. The van der Waals surface area contributed by atoms with Gasteiger partial charge in [0.15, 0.2) is 5.78 Å². The predicted octanol–water partition coefficient (Wildman–Crippen LogP) is 3.56. The predicted molar refractivity (Wildman–Crippen MR) is 60.9 cm³/mol. The molecule has 1 saturated carbocycles. The van der Waals surface area contributed by atoms with Crippen molar-refractivity contribution >= 4 is 5.78 Å². The Labute approximate surface area is 91.1 Å². The largest absolute Gasteiger partial charge is 0.359 e. The molecule has 1 heterocycles. The average Bonchev–Trinajstić information content (AvgIpc) is 2.65. The van der Waals surface area contributed by atoms with Crippen LogP contribution in [-0.2, 0) is 0 Å². The van der Waals surface area contributed by atoms with Crippen LogP contribution in [0.15, 0.2) is 18.3 Å². The van der Waals surface area contributed by atoms with Crippen LogP contribution in [0, 0.1) is 5.92 Å². The van der Waals surface area contributed by atoms with Gasteiger partial charge in [-0.3, -0.25) is 4.79 Å². The molecule has 0 amide bonds. The van der Waals surface area contributed by atoms with E-state index < -0.39 is 0 Å². The van der Waals surface area contributed by atoms with E-state index in [0.29, 0.717) is 5.92 Å². The Balaban J connectivity index is 1.87. The van der Waals surface area contributed by atoms with Crippen molar-refractivity contribution in [3.8, 4) is 0 Å². The van der Waals surface area contributed by atoms with Gasteiger partial charge in [0, 0.05) is 12.6 Å². The normalized spacial score (nSPS) is 18.7. The van der Waals surface area contributed by atoms with E-state index >= 15 is 0 Å². The highest BCUT2D eigenvalue weighted by Crippen LogP contribution is 2.26. The van der Waals surface area contributed by atoms with E-state index in [-0.39, 0.29) is 5.78 Å². The number of nitrogens with one attached hydrogen (secondary N) is 1. The van der Waals surface area contributed by atoms with Crippen LogP contribution in [0.2, 0.25) is 0 Å². The summed E-state index contributed by atoms with van der Waals surface area (Å²) < 4.78 is 0. The van der Waals surface area contributed by atoms with Crippen molar-refractivity contribution in [3.05, 3.63) is 24.0 Å². The third-order valence-corrected chi connectivity index (χ3v) is 3.35. The van der Waals surface area contributed by atoms with Gasteiger partial charge >= 0.3 is 0 Å². The zero-order valence-corrected chi connectivity index (χ0v) is 9.17. The molecule has 0 bridgehead atoms. The lowest BCUT2D eigenvalue weighted by molar-refractivity contribution is 0.0952. The van der Waals surface area contributed by atoms with Crippen molar-refractivity contribution in [2.24, 2.45) is 5.92 Å². The lowest BCUT2D eigenvalue weighted by Gasteiger charge is -2.11. The van der Waals surface area contributed by atoms with E-state index in [4.69, 9.17) is 0 Å². The molecule has 15 heavy (non-hydrogen) atoms. The molecule has 1 aliphatic carbocycles. The fourth-order valence-corrected chi connectivity index (χ4v) is 2.44. The molecule has 0 aliphatic heterocycles. The quantitative estimate of drug-likeness (QED) is 0.594. The number of hydrogen-bond donors (Lipinski definition) is 1. The maximum Gasteiger partial charge on any atom is 0.179 e. The lowest BCUT2D eigenvalue weighted by atomic mass is 9.93. The summed E-state index contributed by atoms with van der Waals surface area (Å²) in [7, 11) is 0. The monoisotopic (exact) mass is 205 g/mol. The summed E-state index contributed by atoms with van der Waals surface area (Å²) >= 11 is 0. The van der Waals surface area contributed by atoms with Gasteiger partial charge in [0.2, 0.25) is 0 Å². The first-order valence-corrected chi connectivity index (χ1v) is 6.03. The first kappa shape index (κ1) is 10.5. The number of aromatic amines is 1. The summed E-state index contributed by atoms with van der Waals surface area (Å²) in [5.74, 6) is 0.912. The van der Waals surface area contributed by atoms with Crippen LogP contribution in [0.3, 0.4) is 0 Å². The van der Waals surface area contributed by atoms with Gasteiger partial charge in [-0.1, -0.05) is 38.5 Å². The number of Topliss-reactive ketones (excluding diaryl/α,β-unsaturated/α-hetero) is 1. The smallest absolute Gasteiger partial charge is 0.179 e. The number of H-pyrrole nitrogens is 1. The molecule has 2 heteroatoms. The number of hydrogen-bond acceptors (Lipinski definition) is 1. The van der Waals surface area contributed by atoms with Crippen LogP contribution in [-0.4, -0.2) is 10.8 Å². The topological polar surface area (TPSA) is 32.9 Å². The van der Waals surface area contributed by atoms with Gasteiger partial charge in [0.05, 0.1) is 5.69 Å². The molecule has 0 aromatic carbocycles. The van der Waals surface area contributed by atoms with E-state index in [1.807, 2.05) is 18.3 Å². The average molecular weight is 205 g/mol. The van der Waals surface area contributed by atoms with Crippen molar-refractivity contribution in [1.29, 1.82) is 0 Å². The van der Waals surface area contributed by atoms with Gasteiger partial charge in [-0.25, -0.2) is 0 Å². The van der Waals surface area contributed by atoms with Crippen LogP contribution >= 0.6 is 0 Å². The molecule has 2 rings (SSSR count). The Morgan fingerprint density at radius 1 is 1.27 bits per heavy atom. The maximum atomic E-state index is 11.9. The third-order valence-electron chi connectivity index (χ3n) is 3.35. The fourth-order valence-electron chi connectivity index (χ4n) is 2.44. The number of rotatable bonds is 3. The Bertz CT molecular complexity index is 294. The Hall–Kier alpha value is -1.05. The van der Waals surface area contributed by atoms with E-state index in [2.05, 4.69) is 4.98 Å². The summed E-state index contributed by atoms with van der Waals surface area (Å²) in [5.41, 5.74) is 0.777. The molecule has 0 spiro atoms. The molecule has 1 aromatic heterocycles. The van der Waals surface area contributed by atoms with Gasteiger partial charge in [0.1, 0.15) is 0 Å². The number of carbonyl (C=O) groups excluding carboxylic acids is 1. The summed E-state index contributed by atoms with van der Waals surface area (Å²) in [5, 5.41) is 0. The van der Waals surface area contributed by atoms with Gasteiger partial charge in [0.25, 0.3) is 0 Å². The highest BCUT2D eigenvalue weighted by Gasteiger charge is 2.17. The first-order chi connectivity index (χ1) is 7.36. The Morgan fingerprint density at radius 2 is 2.00 bits per heavy atom. The number of aromatic nitrogens is 1. The van der Waals surface area contributed by atoms with Gasteiger partial charge in [-0.05, 0) is 18.1 Å². The summed E-state index contributed by atoms with van der Waals surface area (Å²) in [4.78, 5) is 14.8. The molecule has 0 saturated heterocycles. The highest BCUT2D eigenvalue weighted by atomic mass is 16.1. The van der Waals surface area contributed by atoms with Gasteiger partial charge < -0.3 is 4.98 Å². The van der Waals surface area contributed by atoms with Crippen molar-refractivity contribution in [3.63, 3.8) is 0 Å². The van der Waals surface area contributed by atoms with E-state index in [9.17, 15) is 4.79 Å². The van der Waals surface area contributed by atoms with Gasteiger partial charge in [-0.2, -0.15) is 0 Å². The third kappa shape index (κ3) is 2.95. The van der Waals surface area contributed by atoms with Gasteiger partial charge in [-0.15, -0.1) is 0 Å². The minimum absolute atomic E-state index is 0.284. The molecular weight excluding hydrogens is 186 g/mol. The lowest BCUT2D eigenvalue weighted by Crippen LogP contribution is -2.08. The Morgan fingerprint density at radius 3 is 2.60 bits per heavy atom. The van der Waals surface area contributed by atoms with E-state index in [1.54, 1.807) is 0 Å². The molecule has 0 atom stereocenters. The second-order valence-electron chi connectivity index (χ2n) is 4.57. The highest BCUT2D eigenvalue weighted by molar-refractivity contribution is 5.94. The second-order valence-corrected chi connectivity index (χ2v) is 4.57. The molecule has 0 radical (unpaired) electrons. The second kappa shape index (κ2) is 5.15. The zero-order valence-electron chi connectivity index (χ0n) is 9.17. The van der Waals surface area contributed by atoms with Crippen LogP contribution in [0.5, 0.6) is 0 Å². The molecule has 82 valence electrons. The van der Waals surface area contributed by atoms with Crippen LogP contribution in [0.4, 0.5) is 0 Å². The minimum atomic E-state index is 0.284. The maximum absolute atomic E-state index is 11.9. The SMILES string of the molecule is O=C(CC1CCCCCC1)c1ccc[nH]1. The summed E-state index contributed by atoms with van der Waals surface area (Å²) in [6, 6.07) is 3.76. The van der Waals surface area contributed by atoms with Crippen molar-refractivity contribution < 1.29 is 4.79 Å². The molecule has 1 fully saturated rings. The van der Waals surface area contributed by atoms with Crippen molar-refractivity contribution in [2.75, 3.05) is 0 Å². The summed E-state index contributed by atoms with van der Waals surface area (Å²) in [6.45, 7) is 0. The van der Waals surface area contributed by atoms with Crippen molar-refractivity contribution in [2.45, 2.75) is 44.9 Å². The first-order valence-electron chi connectivity index (χ1n) is 6.03. The van der Waals surface area contributed by atoms with Crippen LogP contribution in [0.1, 0.15) is 55.4 Å². The zero-order chi connectivity index (χ0) is 10.5. The number of carbonyl (C=O) groups is 1. The molecule has 1 N–H and O–H groups in total. The van der Waals surface area contributed by atoms with Crippen LogP contribution < -0.4 is 0 Å².